The predicted octanol–water partition coefficient (Wildman–Crippen LogP) is 3.05. The molecule has 1 aromatic heterocycles. The molecule has 3 rings (SSSR count). The Balaban J connectivity index is 2.08. The molecular formula is C21H26N2O5. The summed E-state index contributed by atoms with van der Waals surface area (Å²) in [6.45, 7) is 3.55. The van der Waals surface area contributed by atoms with Crippen molar-refractivity contribution in [2.45, 2.75) is 38.5 Å². The second kappa shape index (κ2) is 7.85. The standard InChI is InChI=1S/C21H26N2O5/c1-6-15-17(23(3)4)18-16(19(25)21(15,26-5)13(2)24)20(22-28-18)27-12-14-10-8-7-9-11-14/h7-11,15,17H,6,12H2,1-5H3. The Kier molecular flexibility index (Phi) is 5.67. The van der Waals surface area contributed by atoms with Crippen molar-refractivity contribution >= 4 is 11.6 Å². The van der Waals surface area contributed by atoms with Crippen LogP contribution in [0.25, 0.3) is 0 Å². The van der Waals surface area contributed by atoms with Crippen molar-refractivity contribution in [3.63, 3.8) is 0 Å². The summed E-state index contributed by atoms with van der Waals surface area (Å²) in [5.74, 6) is -0.682. The maximum Gasteiger partial charge on any atom is 0.265 e. The molecule has 1 heterocycles. The van der Waals surface area contributed by atoms with Gasteiger partial charge in [0.2, 0.25) is 5.78 Å². The molecule has 0 aliphatic heterocycles. The normalized spacial score (nSPS) is 24.3. The zero-order valence-corrected chi connectivity index (χ0v) is 16.9. The Labute approximate surface area is 164 Å². The highest BCUT2D eigenvalue weighted by Crippen LogP contribution is 2.49. The molecule has 1 aromatic carbocycles. The Morgan fingerprint density at radius 3 is 2.50 bits per heavy atom. The minimum absolute atomic E-state index is 0.0907. The molecule has 28 heavy (non-hydrogen) atoms. The average molecular weight is 386 g/mol. The summed E-state index contributed by atoms with van der Waals surface area (Å²) >= 11 is 0. The van der Waals surface area contributed by atoms with Gasteiger partial charge in [0, 0.05) is 13.0 Å². The molecule has 2 aromatic rings. The second-order valence-corrected chi connectivity index (χ2v) is 7.25. The Morgan fingerprint density at radius 2 is 1.96 bits per heavy atom. The number of benzene rings is 1. The van der Waals surface area contributed by atoms with Gasteiger partial charge in [0.15, 0.2) is 17.1 Å². The van der Waals surface area contributed by atoms with Crippen LogP contribution in [0.1, 0.15) is 48.0 Å². The average Bonchev–Trinajstić information content (AvgIpc) is 3.10. The van der Waals surface area contributed by atoms with Gasteiger partial charge < -0.3 is 14.0 Å². The third-order valence-electron chi connectivity index (χ3n) is 5.48. The molecule has 1 aliphatic carbocycles. The molecule has 3 atom stereocenters. The SMILES string of the molecule is CCC1C(N(C)C)c2onc(OCc3ccccc3)c2C(=O)C1(OC)C(C)=O. The van der Waals surface area contributed by atoms with Crippen LogP contribution in [0.2, 0.25) is 0 Å². The third kappa shape index (κ3) is 3.04. The molecule has 0 saturated heterocycles. The Morgan fingerprint density at radius 1 is 1.29 bits per heavy atom. The van der Waals surface area contributed by atoms with E-state index in [1.807, 2.05) is 56.3 Å². The van der Waals surface area contributed by atoms with Gasteiger partial charge in [-0.25, -0.2) is 0 Å². The number of hydrogen-bond donors (Lipinski definition) is 0. The van der Waals surface area contributed by atoms with E-state index >= 15 is 0 Å². The molecule has 0 fully saturated rings. The number of rotatable bonds is 7. The van der Waals surface area contributed by atoms with E-state index in [9.17, 15) is 9.59 Å². The summed E-state index contributed by atoms with van der Waals surface area (Å²) in [6, 6.07) is 9.21. The molecule has 0 N–H and O–H groups in total. The van der Waals surface area contributed by atoms with Gasteiger partial charge in [-0.1, -0.05) is 37.3 Å². The summed E-state index contributed by atoms with van der Waals surface area (Å²) in [5.41, 5.74) is -0.466. The number of Topliss-reactive ketones (excluding diaryl/α,β-unsaturated/α-hetero) is 2. The molecule has 3 unspecified atom stereocenters. The van der Waals surface area contributed by atoms with Crippen LogP contribution in [-0.4, -0.2) is 48.4 Å². The highest BCUT2D eigenvalue weighted by atomic mass is 16.5. The van der Waals surface area contributed by atoms with Crippen molar-refractivity contribution in [2.75, 3.05) is 21.2 Å². The van der Waals surface area contributed by atoms with Crippen molar-refractivity contribution < 1.29 is 23.6 Å². The van der Waals surface area contributed by atoms with Gasteiger partial charge in [0.1, 0.15) is 12.2 Å². The lowest BCUT2D eigenvalue weighted by Crippen LogP contribution is -2.59. The van der Waals surface area contributed by atoms with Crippen LogP contribution in [0.5, 0.6) is 5.88 Å². The lowest BCUT2D eigenvalue weighted by atomic mass is 9.67. The van der Waals surface area contributed by atoms with Gasteiger partial charge in [-0.3, -0.25) is 14.5 Å². The highest BCUT2D eigenvalue weighted by molar-refractivity contribution is 6.19. The van der Waals surface area contributed by atoms with E-state index in [0.717, 1.165) is 5.56 Å². The second-order valence-electron chi connectivity index (χ2n) is 7.25. The van der Waals surface area contributed by atoms with E-state index in [2.05, 4.69) is 5.16 Å². The third-order valence-corrected chi connectivity index (χ3v) is 5.48. The summed E-state index contributed by atoms with van der Waals surface area (Å²) in [5, 5.41) is 4.01. The van der Waals surface area contributed by atoms with E-state index in [4.69, 9.17) is 14.0 Å². The fourth-order valence-electron chi connectivity index (χ4n) is 4.20. The summed E-state index contributed by atoms with van der Waals surface area (Å²) < 4.78 is 17.0. The Hall–Kier alpha value is -2.51. The van der Waals surface area contributed by atoms with Crippen molar-refractivity contribution in [2.24, 2.45) is 5.92 Å². The smallest absolute Gasteiger partial charge is 0.265 e. The van der Waals surface area contributed by atoms with Crippen molar-refractivity contribution in [3.05, 3.63) is 47.2 Å². The first-order valence-corrected chi connectivity index (χ1v) is 9.32. The van der Waals surface area contributed by atoms with Crippen LogP contribution >= 0.6 is 0 Å². The van der Waals surface area contributed by atoms with Crippen LogP contribution in [-0.2, 0) is 16.1 Å². The number of ether oxygens (including phenoxy) is 2. The van der Waals surface area contributed by atoms with E-state index in [-0.39, 0.29) is 29.9 Å². The predicted molar refractivity (Wildman–Crippen MR) is 102 cm³/mol. The summed E-state index contributed by atoms with van der Waals surface area (Å²) in [4.78, 5) is 28.1. The molecule has 1 aliphatic rings. The minimum Gasteiger partial charge on any atom is -0.470 e. The first-order valence-electron chi connectivity index (χ1n) is 9.32. The lowest BCUT2D eigenvalue weighted by Gasteiger charge is -2.44. The maximum atomic E-state index is 13.5. The number of carbonyl (C=O) groups excluding carboxylic acids is 2. The zero-order chi connectivity index (χ0) is 20.5. The highest BCUT2D eigenvalue weighted by Gasteiger charge is 2.60. The van der Waals surface area contributed by atoms with E-state index < -0.39 is 17.3 Å². The van der Waals surface area contributed by atoms with Crippen LogP contribution < -0.4 is 4.74 Å². The van der Waals surface area contributed by atoms with Crippen LogP contribution in [0, 0.1) is 5.92 Å². The van der Waals surface area contributed by atoms with Crippen LogP contribution in [0.15, 0.2) is 34.9 Å². The molecule has 150 valence electrons. The molecule has 0 radical (unpaired) electrons. The lowest BCUT2D eigenvalue weighted by molar-refractivity contribution is -0.143. The van der Waals surface area contributed by atoms with Gasteiger partial charge in [-0.05, 0) is 38.2 Å². The van der Waals surface area contributed by atoms with Crippen molar-refractivity contribution in [3.8, 4) is 5.88 Å². The monoisotopic (exact) mass is 386 g/mol. The molecule has 0 spiro atoms. The van der Waals surface area contributed by atoms with Gasteiger partial charge in [0.25, 0.3) is 5.88 Å². The van der Waals surface area contributed by atoms with E-state index in [1.54, 1.807) is 0 Å². The molecule has 0 saturated carbocycles. The number of hydrogen-bond acceptors (Lipinski definition) is 7. The van der Waals surface area contributed by atoms with Gasteiger partial charge in [-0.2, -0.15) is 0 Å². The fourth-order valence-corrected chi connectivity index (χ4v) is 4.20. The van der Waals surface area contributed by atoms with Crippen molar-refractivity contribution in [1.82, 2.24) is 10.1 Å². The number of fused-ring (bicyclic) bond motifs is 1. The molecule has 7 heteroatoms. The number of methoxy groups -OCH3 is 1. The quantitative estimate of drug-likeness (QED) is 0.677. The number of aromatic nitrogens is 1. The molecule has 7 nitrogen and oxygen atoms in total. The topological polar surface area (TPSA) is 81.9 Å². The minimum atomic E-state index is -1.59. The van der Waals surface area contributed by atoms with Crippen molar-refractivity contribution in [1.29, 1.82) is 0 Å². The van der Waals surface area contributed by atoms with E-state index in [1.165, 1.54) is 14.0 Å². The first kappa shape index (κ1) is 20.2. The van der Waals surface area contributed by atoms with Crippen LogP contribution in [0.4, 0.5) is 0 Å². The zero-order valence-electron chi connectivity index (χ0n) is 16.9. The molecule has 0 bridgehead atoms. The fraction of sp³-hybridized carbons (Fsp3) is 0.476. The maximum absolute atomic E-state index is 13.5. The number of nitrogens with zero attached hydrogens (tertiary/aromatic N) is 2. The van der Waals surface area contributed by atoms with Gasteiger partial charge in [0.05, 0.1) is 6.04 Å². The molecular weight excluding hydrogens is 360 g/mol. The van der Waals surface area contributed by atoms with Crippen LogP contribution in [0.3, 0.4) is 0 Å². The number of carbonyl (C=O) groups is 2. The van der Waals surface area contributed by atoms with Gasteiger partial charge in [-0.15, -0.1) is 0 Å². The number of ketones is 2. The molecule has 0 amide bonds. The van der Waals surface area contributed by atoms with E-state index in [0.29, 0.717) is 12.2 Å². The Bertz CT molecular complexity index is 861. The summed E-state index contributed by atoms with van der Waals surface area (Å²) in [6.07, 6.45) is 0.558. The first-order chi connectivity index (χ1) is 13.4. The largest absolute Gasteiger partial charge is 0.470 e. The van der Waals surface area contributed by atoms with Gasteiger partial charge >= 0.3 is 0 Å². The summed E-state index contributed by atoms with van der Waals surface area (Å²) in [7, 11) is 5.15.